The Bertz CT molecular complexity index is 386. The third-order valence-corrected chi connectivity index (χ3v) is 6.18. The number of methoxy groups -OCH3 is 1. The predicted octanol–water partition coefficient (Wildman–Crippen LogP) is 0.754. The molecule has 0 bridgehead atoms. The lowest BCUT2D eigenvalue weighted by Gasteiger charge is -2.24. The van der Waals surface area contributed by atoms with Crippen LogP contribution in [0, 0.1) is 5.92 Å². The highest BCUT2D eigenvalue weighted by atomic mass is 32.2. The van der Waals surface area contributed by atoms with Gasteiger partial charge in [0.1, 0.15) is 0 Å². The van der Waals surface area contributed by atoms with Gasteiger partial charge in [0, 0.05) is 13.1 Å². The van der Waals surface area contributed by atoms with Gasteiger partial charge in [-0.2, -0.15) is 0 Å². The molecule has 5 nitrogen and oxygen atoms in total. The van der Waals surface area contributed by atoms with E-state index in [1.54, 1.807) is 4.31 Å². The molecule has 1 saturated heterocycles. The quantitative estimate of drug-likeness (QED) is 0.703. The van der Waals surface area contributed by atoms with Gasteiger partial charge in [0.15, 0.2) is 0 Å². The van der Waals surface area contributed by atoms with Crippen molar-refractivity contribution in [3.63, 3.8) is 0 Å². The molecule has 0 aromatic heterocycles. The number of hydrogen-bond acceptors (Lipinski definition) is 4. The molecule has 2 fully saturated rings. The Morgan fingerprint density at radius 3 is 2.41 bits per heavy atom. The molecule has 0 aromatic rings. The summed E-state index contributed by atoms with van der Waals surface area (Å²) in [5.74, 6) is -0.846. The average Bonchev–Trinajstić information content (AvgIpc) is 2.98. The molecule has 98 valence electrons. The van der Waals surface area contributed by atoms with Crippen molar-refractivity contribution in [2.24, 2.45) is 5.92 Å². The van der Waals surface area contributed by atoms with Crippen molar-refractivity contribution in [1.29, 1.82) is 0 Å². The van der Waals surface area contributed by atoms with Crippen LogP contribution in [0.1, 0.15) is 32.1 Å². The van der Waals surface area contributed by atoms with Crippen LogP contribution < -0.4 is 0 Å². The summed E-state index contributed by atoms with van der Waals surface area (Å²) in [6.07, 6.45) is 3.85. The standard InChI is InChI=1S/C11H19NO4S/c1-16-11(13)9-5-4-6-10(9)17(14,15)12-7-2-3-8-12/h9-10H,2-8H2,1H3. The molecule has 6 heteroatoms. The first kappa shape index (κ1) is 12.8. The molecular weight excluding hydrogens is 242 g/mol. The topological polar surface area (TPSA) is 63.7 Å². The van der Waals surface area contributed by atoms with E-state index in [0.29, 0.717) is 25.9 Å². The van der Waals surface area contributed by atoms with Gasteiger partial charge in [-0.15, -0.1) is 0 Å². The molecule has 1 heterocycles. The molecule has 0 amide bonds. The highest BCUT2D eigenvalue weighted by molar-refractivity contribution is 7.89. The SMILES string of the molecule is COC(=O)C1CCCC1S(=O)(=O)N1CCCC1. The second-order valence-corrected chi connectivity index (χ2v) is 6.90. The fourth-order valence-corrected chi connectivity index (χ4v) is 5.11. The minimum absolute atomic E-state index is 0.379. The Morgan fingerprint density at radius 2 is 1.82 bits per heavy atom. The fraction of sp³-hybridized carbons (Fsp3) is 0.909. The average molecular weight is 261 g/mol. The van der Waals surface area contributed by atoms with Gasteiger partial charge in [0.25, 0.3) is 0 Å². The van der Waals surface area contributed by atoms with Gasteiger partial charge in [-0.05, 0) is 25.7 Å². The fourth-order valence-electron chi connectivity index (χ4n) is 2.84. The Labute approximate surface area is 102 Å². The van der Waals surface area contributed by atoms with Crippen LogP contribution in [0.5, 0.6) is 0 Å². The van der Waals surface area contributed by atoms with Crippen molar-refractivity contribution in [3.05, 3.63) is 0 Å². The van der Waals surface area contributed by atoms with E-state index in [1.807, 2.05) is 0 Å². The van der Waals surface area contributed by atoms with Crippen LogP contribution in [0.15, 0.2) is 0 Å². The molecule has 1 saturated carbocycles. The first-order valence-corrected chi connectivity index (χ1v) is 7.64. The van der Waals surface area contributed by atoms with Gasteiger partial charge in [0.2, 0.25) is 10.0 Å². The highest BCUT2D eigenvalue weighted by Gasteiger charge is 2.45. The monoisotopic (exact) mass is 261 g/mol. The molecule has 17 heavy (non-hydrogen) atoms. The van der Waals surface area contributed by atoms with Gasteiger partial charge in [0.05, 0.1) is 18.3 Å². The van der Waals surface area contributed by atoms with E-state index in [1.165, 1.54) is 7.11 Å². The molecule has 2 aliphatic rings. The zero-order valence-electron chi connectivity index (χ0n) is 10.1. The third kappa shape index (κ3) is 2.33. The lowest BCUT2D eigenvalue weighted by Crippen LogP contribution is -2.41. The number of ether oxygens (including phenoxy) is 1. The van der Waals surface area contributed by atoms with E-state index in [-0.39, 0.29) is 5.97 Å². The second kappa shape index (κ2) is 4.94. The van der Waals surface area contributed by atoms with Crippen molar-refractivity contribution >= 4 is 16.0 Å². The maximum Gasteiger partial charge on any atom is 0.310 e. The lowest BCUT2D eigenvalue weighted by molar-refractivity contribution is -0.145. The summed E-state index contributed by atoms with van der Waals surface area (Å²) >= 11 is 0. The van der Waals surface area contributed by atoms with Crippen molar-refractivity contribution < 1.29 is 17.9 Å². The van der Waals surface area contributed by atoms with Crippen LogP contribution in [0.2, 0.25) is 0 Å². The van der Waals surface area contributed by atoms with Crippen molar-refractivity contribution in [2.45, 2.75) is 37.4 Å². The van der Waals surface area contributed by atoms with Gasteiger partial charge >= 0.3 is 5.97 Å². The molecule has 1 aliphatic carbocycles. The first-order chi connectivity index (χ1) is 8.07. The van der Waals surface area contributed by atoms with Gasteiger partial charge < -0.3 is 4.74 Å². The van der Waals surface area contributed by atoms with E-state index in [2.05, 4.69) is 0 Å². The van der Waals surface area contributed by atoms with Gasteiger partial charge in [-0.25, -0.2) is 12.7 Å². The molecule has 2 atom stereocenters. The first-order valence-electron chi connectivity index (χ1n) is 6.14. The van der Waals surface area contributed by atoms with Crippen molar-refractivity contribution in [1.82, 2.24) is 4.31 Å². The molecular formula is C11H19NO4S. The maximum atomic E-state index is 12.4. The smallest absolute Gasteiger partial charge is 0.310 e. The zero-order chi connectivity index (χ0) is 12.5. The maximum absolute atomic E-state index is 12.4. The Balaban J connectivity index is 2.17. The number of carbonyl (C=O) groups is 1. The Hall–Kier alpha value is -0.620. The number of nitrogens with zero attached hydrogens (tertiary/aromatic N) is 1. The van der Waals surface area contributed by atoms with Crippen molar-refractivity contribution in [3.8, 4) is 0 Å². The minimum Gasteiger partial charge on any atom is -0.469 e. The summed E-state index contributed by atoms with van der Waals surface area (Å²) in [5.41, 5.74) is 0. The summed E-state index contributed by atoms with van der Waals surface area (Å²) in [6, 6.07) is 0. The lowest BCUT2D eigenvalue weighted by atomic mass is 10.1. The molecule has 1 aliphatic heterocycles. The van der Waals surface area contributed by atoms with Crippen LogP contribution in [0.3, 0.4) is 0 Å². The summed E-state index contributed by atoms with van der Waals surface area (Å²) in [5, 5.41) is -0.562. The molecule has 0 radical (unpaired) electrons. The number of hydrogen-bond donors (Lipinski definition) is 0. The van der Waals surface area contributed by atoms with E-state index in [9.17, 15) is 13.2 Å². The van der Waals surface area contributed by atoms with E-state index in [0.717, 1.165) is 19.3 Å². The summed E-state index contributed by atoms with van der Waals surface area (Å²) in [6.45, 7) is 1.21. The van der Waals surface area contributed by atoms with Crippen LogP contribution in [0.4, 0.5) is 0 Å². The van der Waals surface area contributed by atoms with Gasteiger partial charge in [-0.3, -0.25) is 4.79 Å². The number of carbonyl (C=O) groups excluding carboxylic acids is 1. The van der Waals surface area contributed by atoms with E-state index < -0.39 is 21.2 Å². The van der Waals surface area contributed by atoms with E-state index >= 15 is 0 Å². The Kier molecular flexibility index (Phi) is 3.73. The summed E-state index contributed by atoms with van der Waals surface area (Å²) < 4.78 is 31.0. The van der Waals surface area contributed by atoms with Crippen LogP contribution in [0.25, 0.3) is 0 Å². The van der Waals surface area contributed by atoms with Crippen molar-refractivity contribution in [2.75, 3.05) is 20.2 Å². The third-order valence-electron chi connectivity index (χ3n) is 3.76. The summed E-state index contributed by atoms with van der Waals surface area (Å²) in [4.78, 5) is 11.6. The number of rotatable bonds is 3. The van der Waals surface area contributed by atoms with Gasteiger partial charge in [-0.1, -0.05) is 6.42 Å². The second-order valence-electron chi connectivity index (χ2n) is 4.75. The Morgan fingerprint density at radius 1 is 1.18 bits per heavy atom. The molecule has 0 aromatic carbocycles. The number of esters is 1. The van der Waals surface area contributed by atoms with Crippen LogP contribution >= 0.6 is 0 Å². The minimum atomic E-state index is -3.31. The van der Waals surface area contributed by atoms with Crippen LogP contribution in [-0.4, -0.2) is 44.1 Å². The molecule has 2 rings (SSSR count). The number of sulfonamides is 1. The zero-order valence-corrected chi connectivity index (χ0v) is 10.9. The largest absolute Gasteiger partial charge is 0.469 e. The predicted molar refractivity (Wildman–Crippen MR) is 62.9 cm³/mol. The molecule has 2 unspecified atom stereocenters. The van der Waals surface area contributed by atoms with Crippen LogP contribution in [-0.2, 0) is 19.6 Å². The molecule has 0 N–H and O–H groups in total. The van der Waals surface area contributed by atoms with E-state index in [4.69, 9.17) is 4.74 Å². The molecule has 0 spiro atoms. The highest BCUT2D eigenvalue weighted by Crippen LogP contribution is 2.34. The normalized spacial score (nSPS) is 30.6. The summed E-state index contributed by atoms with van der Waals surface area (Å²) in [7, 11) is -1.99.